The largest absolute Gasteiger partial charge is 0.506 e. The van der Waals surface area contributed by atoms with Crippen LogP contribution in [0.4, 0.5) is 5.69 Å². The van der Waals surface area contributed by atoms with Gasteiger partial charge >= 0.3 is 0 Å². The Kier molecular flexibility index (Phi) is 1.18. The summed E-state index contributed by atoms with van der Waals surface area (Å²) < 4.78 is 0. The van der Waals surface area contributed by atoms with E-state index in [4.69, 9.17) is 5.73 Å². The molecule has 2 rings (SSSR count). The van der Waals surface area contributed by atoms with E-state index in [-0.39, 0.29) is 11.5 Å². The molecular weight excluding hydrogens is 156 g/mol. The van der Waals surface area contributed by atoms with Gasteiger partial charge in [-0.15, -0.1) is 0 Å². The van der Waals surface area contributed by atoms with Crippen LogP contribution in [-0.4, -0.2) is 15.2 Å². The van der Waals surface area contributed by atoms with E-state index in [0.717, 1.165) is 0 Å². The summed E-state index contributed by atoms with van der Waals surface area (Å²) in [5, 5.41) is 19.0. The number of aromatic amines is 1. The molecule has 62 valence electrons. The smallest absolute Gasteiger partial charge is 0.140 e. The van der Waals surface area contributed by atoms with Crippen LogP contribution in [0.2, 0.25) is 0 Å². The summed E-state index contributed by atoms with van der Waals surface area (Å²) >= 11 is 0. The molecule has 12 heavy (non-hydrogen) atoms. The lowest BCUT2D eigenvalue weighted by Crippen LogP contribution is -1.84. The number of hydrogen-bond acceptors (Lipinski definition) is 3. The molecule has 0 aliphatic heterocycles. The number of aromatic hydroxyl groups is 2. The summed E-state index contributed by atoms with van der Waals surface area (Å²) in [5.74, 6) is 0.0951. The highest BCUT2D eigenvalue weighted by Gasteiger charge is 2.05. The van der Waals surface area contributed by atoms with E-state index in [9.17, 15) is 10.2 Å². The Labute approximate surface area is 68.3 Å². The van der Waals surface area contributed by atoms with E-state index in [1.807, 2.05) is 0 Å². The van der Waals surface area contributed by atoms with Crippen molar-refractivity contribution in [2.24, 2.45) is 0 Å². The first-order chi connectivity index (χ1) is 5.68. The zero-order valence-corrected chi connectivity index (χ0v) is 6.20. The molecule has 1 aromatic heterocycles. The van der Waals surface area contributed by atoms with Gasteiger partial charge in [0.2, 0.25) is 0 Å². The maximum Gasteiger partial charge on any atom is 0.140 e. The normalized spacial score (nSPS) is 10.7. The molecule has 0 saturated carbocycles. The Morgan fingerprint density at radius 2 is 1.92 bits per heavy atom. The van der Waals surface area contributed by atoms with Crippen LogP contribution in [-0.2, 0) is 0 Å². The number of fused-ring (bicyclic) bond motifs is 1. The number of nitrogens with one attached hydrogen (secondary N) is 1. The summed E-state index contributed by atoms with van der Waals surface area (Å²) in [6, 6.07) is 3.00. The van der Waals surface area contributed by atoms with Gasteiger partial charge < -0.3 is 20.9 Å². The Balaban J connectivity index is 2.87. The second-order valence-electron chi connectivity index (χ2n) is 2.63. The molecule has 1 aromatic carbocycles. The van der Waals surface area contributed by atoms with E-state index < -0.39 is 0 Å². The predicted octanol–water partition coefficient (Wildman–Crippen LogP) is 1.16. The van der Waals surface area contributed by atoms with Crippen LogP contribution in [0.1, 0.15) is 0 Å². The van der Waals surface area contributed by atoms with Gasteiger partial charge in [0.25, 0.3) is 0 Å². The summed E-state index contributed by atoms with van der Waals surface area (Å²) in [6.45, 7) is 0. The molecule has 5 N–H and O–H groups in total. The predicted molar refractivity (Wildman–Crippen MR) is 46.0 cm³/mol. The van der Waals surface area contributed by atoms with E-state index in [1.54, 1.807) is 6.07 Å². The molecule has 0 fully saturated rings. The third-order valence-corrected chi connectivity index (χ3v) is 1.81. The van der Waals surface area contributed by atoms with Gasteiger partial charge in [0.05, 0.1) is 11.2 Å². The van der Waals surface area contributed by atoms with Gasteiger partial charge in [-0.1, -0.05) is 0 Å². The van der Waals surface area contributed by atoms with E-state index in [1.165, 1.54) is 12.3 Å². The van der Waals surface area contributed by atoms with Gasteiger partial charge in [0.1, 0.15) is 11.5 Å². The van der Waals surface area contributed by atoms with Gasteiger partial charge in [0, 0.05) is 11.6 Å². The number of phenolic OH excluding ortho intramolecular Hbond substituents is 1. The summed E-state index contributed by atoms with van der Waals surface area (Å²) in [5.41, 5.74) is 6.45. The molecule has 4 heteroatoms. The lowest BCUT2D eigenvalue weighted by molar-refractivity contribution is 0.474. The number of rotatable bonds is 0. The van der Waals surface area contributed by atoms with Crippen molar-refractivity contribution in [3.8, 4) is 11.5 Å². The summed E-state index contributed by atoms with van der Waals surface area (Å²) in [6.07, 6.45) is 1.45. The average Bonchev–Trinajstić information content (AvgIpc) is 2.35. The van der Waals surface area contributed by atoms with Gasteiger partial charge in [-0.25, -0.2) is 0 Å². The van der Waals surface area contributed by atoms with Gasteiger partial charge in [0.15, 0.2) is 0 Å². The standard InChI is InChI=1S/C8H8N2O2/c9-5-2-6-4(1-7(5)11)8(12)3-10-6/h1-3,10-12H,9H2. The highest BCUT2D eigenvalue weighted by atomic mass is 16.3. The second kappa shape index (κ2) is 2.07. The van der Waals surface area contributed by atoms with Crippen LogP contribution in [0.25, 0.3) is 10.9 Å². The molecule has 0 radical (unpaired) electrons. The lowest BCUT2D eigenvalue weighted by atomic mass is 10.2. The van der Waals surface area contributed by atoms with Crippen molar-refractivity contribution in [2.45, 2.75) is 0 Å². The van der Waals surface area contributed by atoms with Gasteiger partial charge in [-0.3, -0.25) is 0 Å². The molecule has 0 spiro atoms. The topological polar surface area (TPSA) is 82.3 Å². The molecule has 2 aromatic rings. The van der Waals surface area contributed by atoms with E-state index in [0.29, 0.717) is 16.6 Å². The molecule has 0 saturated heterocycles. The number of hydrogen-bond donors (Lipinski definition) is 4. The van der Waals surface area contributed by atoms with Crippen molar-refractivity contribution < 1.29 is 10.2 Å². The summed E-state index contributed by atoms with van der Waals surface area (Å²) in [7, 11) is 0. The fourth-order valence-corrected chi connectivity index (χ4v) is 1.16. The van der Waals surface area contributed by atoms with Crippen molar-refractivity contribution in [2.75, 3.05) is 5.73 Å². The average molecular weight is 164 g/mol. The maximum atomic E-state index is 9.24. The molecule has 4 nitrogen and oxygen atoms in total. The quantitative estimate of drug-likeness (QED) is 0.348. The number of nitrogens with two attached hydrogens (primary N) is 1. The number of benzene rings is 1. The summed E-state index contributed by atoms with van der Waals surface area (Å²) in [4.78, 5) is 2.81. The van der Waals surface area contributed by atoms with Crippen LogP contribution >= 0.6 is 0 Å². The first-order valence-corrected chi connectivity index (χ1v) is 3.47. The zero-order chi connectivity index (χ0) is 8.72. The van der Waals surface area contributed by atoms with Crippen molar-refractivity contribution in [1.29, 1.82) is 0 Å². The lowest BCUT2D eigenvalue weighted by Gasteiger charge is -1.97. The third-order valence-electron chi connectivity index (χ3n) is 1.81. The molecule has 0 bridgehead atoms. The van der Waals surface area contributed by atoms with Crippen molar-refractivity contribution in [3.63, 3.8) is 0 Å². The minimum Gasteiger partial charge on any atom is -0.506 e. The Morgan fingerprint density at radius 3 is 2.67 bits per heavy atom. The zero-order valence-electron chi connectivity index (χ0n) is 6.20. The number of aromatic nitrogens is 1. The number of anilines is 1. The first-order valence-electron chi connectivity index (χ1n) is 3.47. The van der Waals surface area contributed by atoms with Crippen molar-refractivity contribution in [1.82, 2.24) is 4.98 Å². The Morgan fingerprint density at radius 1 is 1.17 bits per heavy atom. The number of H-pyrrole nitrogens is 1. The SMILES string of the molecule is Nc1cc2[nH]cc(O)c2cc1O. The van der Waals surface area contributed by atoms with Crippen LogP contribution < -0.4 is 5.73 Å². The minimum atomic E-state index is -0.0163. The van der Waals surface area contributed by atoms with Gasteiger partial charge in [-0.2, -0.15) is 0 Å². The maximum absolute atomic E-state index is 9.24. The molecule has 0 unspecified atom stereocenters. The molecular formula is C8H8N2O2. The second-order valence-corrected chi connectivity index (χ2v) is 2.63. The van der Waals surface area contributed by atoms with Crippen LogP contribution in [0, 0.1) is 0 Å². The fourth-order valence-electron chi connectivity index (χ4n) is 1.16. The molecule has 0 amide bonds. The molecule has 0 atom stereocenters. The monoisotopic (exact) mass is 164 g/mol. The molecule has 0 aliphatic rings. The van der Waals surface area contributed by atoms with Gasteiger partial charge in [-0.05, 0) is 12.1 Å². The Bertz CT molecular complexity index is 434. The van der Waals surface area contributed by atoms with Crippen LogP contribution in [0.5, 0.6) is 11.5 Å². The van der Waals surface area contributed by atoms with Crippen molar-refractivity contribution >= 4 is 16.6 Å². The fraction of sp³-hybridized carbons (Fsp3) is 0. The van der Waals surface area contributed by atoms with E-state index in [2.05, 4.69) is 4.98 Å². The van der Waals surface area contributed by atoms with Crippen LogP contribution in [0.15, 0.2) is 18.3 Å². The minimum absolute atomic E-state index is 0.0163. The first kappa shape index (κ1) is 6.84. The van der Waals surface area contributed by atoms with E-state index >= 15 is 0 Å². The highest BCUT2D eigenvalue weighted by molar-refractivity contribution is 5.90. The number of phenols is 1. The third kappa shape index (κ3) is 0.780. The molecule has 0 aliphatic carbocycles. The number of nitrogen functional groups attached to an aromatic ring is 1. The Hall–Kier alpha value is -1.84. The highest BCUT2D eigenvalue weighted by Crippen LogP contribution is 2.31. The molecule has 1 heterocycles. The van der Waals surface area contributed by atoms with Crippen LogP contribution in [0.3, 0.4) is 0 Å². The van der Waals surface area contributed by atoms with Crippen molar-refractivity contribution in [3.05, 3.63) is 18.3 Å².